The molecular formula is C16H18N6. The Bertz CT molecular complexity index is 775. The Balaban J connectivity index is 1.63. The highest BCUT2D eigenvalue weighted by Gasteiger charge is 2.15. The third-order valence-electron chi connectivity index (χ3n) is 4.14. The van der Waals surface area contributed by atoms with E-state index in [0.717, 1.165) is 42.1 Å². The van der Waals surface area contributed by atoms with Gasteiger partial charge in [0.05, 0.1) is 29.3 Å². The predicted molar refractivity (Wildman–Crippen MR) is 83.3 cm³/mol. The van der Waals surface area contributed by atoms with E-state index in [9.17, 15) is 0 Å². The zero-order valence-corrected chi connectivity index (χ0v) is 12.3. The molecule has 3 aromatic heterocycles. The van der Waals surface area contributed by atoms with Gasteiger partial charge in [-0.3, -0.25) is 4.98 Å². The van der Waals surface area contributed by atoms with E-state index in [2.05, 4.69) is 20.4 Å². The summed E-state index contributed by atoms with van der Waals surface area (Å²) in [4.78, 5) is 13.5. The molecule has 4 rings (SSSR count). The van der Waals surface area contributed by atoms with Gasteiger partial charge in [0.25, 0.3) is 0 Å². The van der Waals surface area contributed by atoms with E-state index in [4.69, 9.17) is 4.98 Å². The second-order valence-corrected chi connectivity index (χ2v) is 5.76. The first-order chi connectivity index (χ1) is 10.9. The maximum atomic E-state index is 4.78. The van der Waals surface area contributed by atoms with Crippen molar-refractivity contribution in [1.82, 2.24) is 29.9 Å². The number of nitrogens with zero attached hydrogens (tertiary/aromatic N) is 5. The number of piperidine rings is 1. The highest BCUT2D eigenvalue weighted by Crippen LogP contribution is 2.22. The van der Waals surface area contributed by atoms with Crippen LogP contribution in [0.3, 0.4) is 0 Å². The summed E-state index contributed by atoms with van der Waals surface area (Å²) in [5, 5.41) is 7.77. The van der Waals surface area contributed by atoms with E-state index < -0.39 is 0 Å². The molecule has 6 nitrogen and oxygen atoms in total. The summed E-state index contributed by atoms with van der Waals surface area (Å²) in [6, 6.07) is 1.86. The quantitative estimate of drug-likeness (QED) is 0.796. The number of rotatable bonds is 3. The van der Waals surface area contributed by atoms with Gasteiger partial charge in [0, 0.05) is 18.6 Å². The van der Waals surface area contributed by atoms with Crippen molar-refractivity contribution in [1.29, 1.82) is 0 Å². The van der Waals surface area contributed by atoms with Crippen LogP contribution in [0.5, 0.6) is 0 Å². The van der Waals surface area contributed by atoms with Crippen LogP contribution in [0.1, 0.15) is 18.5 Å². The molecule has 1 saturated heterocycles. The fraction of sp³-hybridized carbons (Fsp3) is 0.375. The van der Waals surface area contributed by atoms with Crippen LogP contribution in [0.2, 0.25) is 0 Å². The van der Waals surface area contributed by atoms with Gasteiger partial charge in [-0.1, -0.05) is 0 Å². The normalized spacial score (nSPS) is 18.6. The smallest absolute Gasteiger partial charge is 0.164 e. The highest BCUT2D eigenvalue weighted by atomic mass is 15.2. The number of hydrogen-bond donors (Lipinski definition) is 1. The molecule has 1 fully saturated rings. The molecule has 0 spiro atoms. The molecule has 0 saturated carbocycles. The van der Waals surface area contributed by atoms with Crippen molar-refractivity contribution < 1.29 is 0 Å². The molecule has 0 radical (unpaired) electrons. The highest BCUT2D eigenvalue weighted by molar-refractivity contribution is 5.73. The van der Waals surface area contributed by atoms with Gasteiger partial charge in [0.2, 0.25) is 0 Å². The molecule has 112 valence electrons. The van der Waals surface area contributed by atoms with Crippen LogP contribution in [0.25, 0.3) is 16.9 Å². The van der Waals surface area contributed by atoms with Gasteiger partial charge in [-0.05, 0) is 44.3 Å². The van der Waals surface area contributed by atoms with Crippen LogP contribution in [0, 0.1) is 5.92 Å². The Morgan fingerprint density at radius 2 is 2.27 bits per heavy atom. The Hall–Kier alpha value is -2.34. The number of aromatic nitrogens is 5. The Kier molecular flexibility index (Phi) is 3.52. The topological polar surface area (TPSA) is 68.0 Å². The zero-order valence-electron chi connectivity index (χ0n) is 12.3. The molecule has 0 aliphatic carbocycles. The van der Waals surface area contributed by atoms with Crippen molar-refractivity contribution in [3.63, 3.8) is 0 Å². The van der Waals surface area contributed by atoms with Crippen molar-refractivity contribution in [2.24, 2.45) is 5.92 Å². The average Bonchev–Trinajstić information content (AvgIpc) is 3.00. The van der Waals surface area contributed by atoms with Gasteiger partial charge in [-0.15, -0.1) is 0 Å². The van der Waals surface area contributed by atoms with Gasteiger partial charge >= 0.3 is 0 Å². The number of fused-ring (bicyclic) bond motifs is 1. The Morgan fingerprint density at radius 1 is 1.27 bits per heavy atom. The maximum absolute atomic E-state index is 4.78. The van der Waals surface area contributed by atoms with E-state index in [1.54, 1.807) is 23.1 Å². The van der Waals surface area contributed by atoms with E-state index >= 15 is 0 Å². The van der Waals surface area contributed by atoms with Crippen LogP contribution >= 0.6 is 0 Å². The molecule has 3 aromatic rings. The lowest BCUT2D eigenvalue weighted by molar-refractivity contribution is 0.373. The van der Waals surface area contributed by atoms with Crippen molar-refractivity contribution in [3.05, 3.63) is 42.7 Å². The predicted octanol–water partition coefficient (Wildman–Crippen LogP) is 1.73. The van der Waals surface area contributed by atoms with Crippen molar-refractivity contribution in [2.75, 3.05) is 13.1 Å². The monoisotopic (exact) mass is 294 g/mol. The molecule has 1 aliphatic heterocycles. The first kappa shape index (κ1) is 13.3. The molecule has 6 heteroatoms. The summed E-state index contributed by atoms with van der Waals surface area (Å²) in [7, 11) is 0. The van der Waals surface area contributed by atoms with Crippen LogP contribution in [0.15, 0.2) is 37.1 Å². The van der Waals surface area contributed by atoms with Crippen molar-refractivity contribution in [3.8, 4) is 11.3 Å². The largest absolute Gasteiger partial charge is 0.316 e. The first-order valence-electron chi connectivity index (χ1n) is 7.70. The molecule has 22 heavy (non-hydrogen) atoms. The SMILES string of the molecule is c1cnc2c(-c3cncc(C[C@@H]4CCCNC4)n3)cnn2c1. The third kappa shape index (κ3) is 2.57. The Morgan fingerprint density at radius 3 is 3.18 bits per heavy atom. The summed E-state index contributed by atoms with van der Waals surface area (Å²) in [6.45, 7) is 2.21. The first-order valence-corrected chi connectivity index (χ1v) is 7.70. The van der Waals surface area contributed by atoms with Gasteiger partial charge in [-0.2, -0.15) is 5.10 Å². The minimum atomic E-state index is 0.653. The van der Waals surface area contributed by atoms with Gasteiger partial charge in [0.15, 0.2) is 5.65 Å². The summed E-state index contributed by atoms with van der Waals surface area (Å²) < 4.78 is 1.76. The maximum Gasteiger partial charge on any atom is 0.164 e. The lowest BCUT2D eigenvalue weighted by Crippen LogP contribution is -2.31. The van der Waals surface area contributed by atoms with E-state index in [0.29, 0.717) is 5.92 Å². The minimum Gasteiger partial charge on any atom is -0.316 e. The second-order valence-electron chi connectivity index (χ2n) is 5.76. The number of hydrogen-bond acceptors (Lipinski definition) is 5. The van der Waals surface area contributed by atoms with Gasteiger partial charge < -0.3 is 5.32 Å². The third-order valence-corrected chi connectivity index (χ3v) is 4.14. The van der Waals surface area contributed by atoms with Crippen molar-refractivity contribution in [2.45, 2.75) is 19.3 Å². The molecule has 0 aromatic carbocycles. The fourth-order valence-electron chi connectivity index (χ4n) is 3.04. The summed E-state index contributed by atoms with van der Waals surface area (Å²) in [6.07, 6.45) is 12.6. The van der Waals surface area contributed by atoms with Gasteiger partial charge in [0.1, 0.15) is 0 Å². The van der Waals surface area contributed by atoms with E-state index in [1.165, 1.54) is 12.8 Å². The zero-order chi connectivity index (χ0) is 14.8. The summed E-state index contributed by atoms with van der Waals surface area (Å²) in [5.74, 6) is 0.653. The van der Waals surface area contributed by atoms with Crippen LogP contribution in [-0.2, 0) is 6.42 Å². The summed E-state index contributed by atoms with van der Waals surface area (Å²) >= 11 is 0. The molecule has 0 amide bonds. The van der Waals surface area contributed by atoms with E-state index in [1.807, 2.05) is 18.5 Å². The lowest BCUT2D eigenvalue weighted by Gasteiger charge is -2.22. The molecule has 0 bridgehead atoms. The molecule has 1 N–H and O–H groups in total. The summed E-state index contributed by atoms with van der Waals surface area (Å²) in [5.41, 5.74) is 3.63. The standard InChI is InChI=1S/C16H18N6/c1-3-12(8-17-4-1)7-13-9-18-11-15(21-13)14-10-20-22-6-2-5-19-16(14)22/h2,5-6,9-12,17H,1,3-4,7-8H2/t12-/m0/s1. The van der Waals surface area contributed by atoms with Crippen molar-refractivity contribution >= 4 is 5.65 Å². The van der Waals surface area contributed by atoms with Gasteiger partial charge in [-0.25, -0.2) is 14.5 Å². The van der Waals surface area contributed by atoms with Crippen LogP contribution in [-0.4, -0.2) is 37.7 Å². The van der Waals surface area contributed by atoms with E-state index in [-0.39, 0.29) is 0 Å². The molecular weight excluding hydrogens is 276 g/mol. The molecule has 0 unspecified atom stereocenters. The Labute approximate surface area is 128 Å². The molecule has 1 atom stereocenters. The second kappa shape index (κ2) is 5.81. The molecule has 4 heterocycles. The molecule has 1 aliphatic rings. The van der Waals surface area contributed by atoms with Crippen LogP contribution < -0.4 is 5.32 Å². The fourth-order valence-corrected chi connectivity index (χ4v) is 3.04. The lowest BCUT2D eigenvalue weighted by atomic mass is 9.95. The average molecular weight is 294 g/mol. The van der Waals surface area contributed by atoms with Crippen LogP contribution in [0.4, 0.5) is 0 Å². The number of nitrogens with one attached hydrogen (secondary N) is 1. The minimum absolute atomic E-state index is 0.653.